The SMILES string of the molecule is Cc1ccc(NC(=O)CNC(=O)C(C)C(N)c2ccccc2)c(Cl)c1.Cl. The molecule has 2 unspecified atom stereocenters. The van der Waals surface area contributed by atoms with Gasteiger partial charge >= 0.3 is 0 Å². The highest BCUT2D eigenvalue weighted by molar-refractivity contribution is 6.33. The van der Waals surface area contributed by atoms with Crippen LogP contribution in [0.25, 0.3) is 0 Å². The summed E-state index contributed by atoms with van der Waals surface area (Å²) in [6.45, 7) is 3.51. The van der Waals surface area contributed by atoms with E-state index in [0.717, 1.165) is 11.1 Å². The van der Waals surface area contributed by atoms with Gasteiger partial charge in [0.15, 0.2) is 0 Å². The molecule has 0 bridgehead atoms. The lowest BCUT2D eigenvalue weighted by Gasteiger charge is -2.19. The number of amides is 2. The molecule has 2 aromatic carbocycles. The van der Waals surface area contributed by atoms with E-state index in [1.165, 1.54) is 0 Å². The van der Waals surface area contributed by atoms with E-state index >= 15 is 0 Å². The van der Waals surface area contributed by atoms with Gasteiger partial charge in [-0.15, -0.1) is 12.4 Å². The van der Waals surface area contributed by atoms with Gasteiger partial charge in [0, 0.05) is 6.04 Å². The van der Waals surface area contributed by atoms with Crippen molar-refractivity contribution in [2.24, 2.45) is 11.7 Å². The number of nitrogens with one attached hydrogen (secondary N) is 2. The van der Waals surface area contributed by atoms with Crippen molar-refractivity contribution in [3.05, 3.63) is 64.7 Å². The molecular weight excluding hydrogens is 373 g/mol. The van der Waals surface area contributed by atoms with Gasteiger partial charge in [-0.05, 0) is 30.2 Å². The lowest BCUT2D eigenvalue weighted by molar-refractivity contribution is -0.127. The summed E-state index contributed by atoms with van der Waals surface area (Å²) < 4.78 is 0. The number of aryl methyl sites for hydroxylation is 1. The Hall–Kier alpha value is -2.08. The van der Waals surface area contributed by atoms with Crippen molar-refractivity contribution in [1.82, 2.24) is 5.32 Å². The van der Waals surface area contributed by atoms with Crippen molar-refractivity contribution in [2.75, 3.05) is 11.9 Å². The molecular formula is C19H23Cl2N3O2. The van der Waals surface area contributed by atoms with Crippen LogP contribution in [0, 0.1) is 12.8 Å². The van der Waals surface area contributed by atoms with Crippen molar-refractivity contribution >= 4 is 41.5 Å². The van der Waals surface area contributed by atoms with E-state index in [0.29, 0.717) is 10.7 Å². The van der Waals surface area contributed by atoms with Crippen LogP contribution in [-0.4, -0.2) is 18.4 Å². The van der Waals surface area contributed by atoms with E-state index < -0.39 is 12.0 Å². The van der Waals surface area contributed by atoms with Crippen LogP contribution in [0.5, 0.6) is 0 Å². The first-order chi connectivity index (χ1) is 11.9. The van der Waals surface area contributed by atoms with Crippen LogP contribution in [-0.2, 0) is 9.59 Å². The summed E-state index contributed by atoms with van der Waals surface area (Å²) in [6, 6.07) is 14.3. The highest BCUT2D eigenvalue weighted by atomic mass is 35.5. The number of carbonyl (C=O) groups excluding carboxylic acids is 2. The summed E-state index contributed by atoms with van der Waals surface area (Å²) in [7, 11) is 0. The second-order valence-electron chi connectivity index (χ2n) is 5.97. The van der Waals surface area contributed by atoms with Crippen LogP contribution < -0.4 is 16.4 Å². The number of nitrogens with two attached hydrogens (primary N) is 1. The van der Waals surface area contributed by atoms with E-state index in [2.05, 4.69) is 10.6 Å². The molecule has 0 aliphatic heterocycles. The first-order valence-corrected chi connectivity index (χ1v) is 8.40. The Kier molecular flexibility index (Phi) is 8.58. The van der Waals surface area contributed by atoms with E-state index in [1.807, 2.05) is 43.3 Å². The van der Waals surface area contributed by atoms with Crippen molar-refractivity contribution < 1.29 is 9.59 Å². The van der Waals surface area contributed by atoms with Gasteiger partial charge in [-0.2, -0.15) is 0 Å². The van der Waals surface area contributed by atoms with E-state index in [4.69, 9.17) is 17.3 Å². The third-order valence-corrected chi connectivity index (χ3v) is 4.27. The predicted molar refractivity (Wildman–Crippen MR) is 108 cm³/mol. The normalized spacial score (nSPS) is 12.5. The molecule has 0 fully saturated rings. The Morgan fingerprint density at radius 1 is 1.15 bits per heavy atom. The monoisotopic (exact) mass is 395 g/mol. The van der Waals surface area contributed by atoms with Gasteiger partial charge in [-0.1, -0.05) is 54.9 Å². The highest BCUT2D eigenvalue weighted by Crippen LogP contribution is 2.22. The molecule has 0 aliphatic rings. The third-order valence-electron chi connectivity index (χ3n) is 3.96. The molecule has 7 heteroatoms. The highest BCUT2D eigenvalue weighted by Gasteiger charge is 2.22. The molecule has 2 rings (SSSR count). The van der Waals surface area contributed by atoms with Crippen LogP contribution in [0.1, 0.15) is 24.1 Å². The number of carbonyl (C=O) groups is 2. The van der Waals surface area contributed by atoms with Crippen molar-refractivity contribution in [1.29, 1.82) is 0 Å². The van der Waals surface area contributed by atoms with E-state index in [-0.39, 0.29) is 30.8 Å². The quantitative estimate of drug-likeness (QED) is 0.699. The number of anilines is 1. The van der Waals surface area contributed by atoms with Crippen LogP contribution in [0.4, 0.5) is 5.69 Å². The summed E-state index contributed by atoms with van der Waals surface area (Å²) in [6.07, 6.45) is 0. The molecule has 0 saturated heterocycles. The molecule has 0 heterocycles. The summed E-state index contributed by atoms with van der Waals surface area (Å²) in [5, 5.41) is 5.74. The maximum atomic E-state index is 12.2. The molecule has 0 aromatic heterocycles. The van der Waals surface area contributed by atoms with Crippen molar-refractivity contribution in [3.8, 4) is 0 Å². The molecule has 5 nitrogen and oxygen atoms in total. The van der Waals surface area contributed by atoms with Gasteiger partial charge in [-0.3, -0.25) is 9.59 Å². The number of hydrogen-bond donors (Lipinski definition) is 3. The molecule has 0 radical (unpaired) electrons. The Bertz CT molecular complexity index is 754. The number of halogens is 2. The first-order valence-electron chi connectivity index (χ1n) is 8.02. The topological polar surface area (TPSA) is 84.2 Å². The van der Waals surface area contributed by atoms with Crippen LogP contribution in [0.2, 0.25) is 5.02 Å². The van der Waals surface area contributed by atoms with E-state index in [1.54, 1.807) is 19.1 Å². The van der Waals surface area contributed by atoms with Gasteiger partial charge < -0.3 is 16.4 Å². The summed E-state index contributed by atoms with van der Waals surface area (Å²) in [5.41, 5.74) is 8.51. The average Bonchev–Trinajstić information content (AvgIpc) is 2.61. The zero-order valence-corrected chi connectivity index (χ0v) is 16.2. The second kappa shape index (κ2) is 10.2. The Balaban J connectivity index is 0.00000338. The fourth-order valence-corrected chi connectivity index (χ4v) is 2.65. The number of hydrogen-bond acceptors (Lipinski definition) is 3. The molecule has 4 N–H and O–H groups in total. The average molecular weight is 396 g/mol. The van der Waals surface area contributed by atoms with Gasteiger partial charge in [0.25, 0.3) is 0 Å². The molecule has 2 aromatic rings. The zero-order valence-electron chi connectivity index (χ0n) is 14.7. The van der Waals surface area contributed by atoms with Crippen LogP contribution in [0.3, 0.4) is 0 Å². The predicted octanol–water partition coefficient (Wildman–Crippen LogP) is 3.46. The Morgan fingerprint density at radius 3 is 2.42 bits per heavy atom. The zero-order chi connectivity index (χ0) is 18.4. The van der Waals surface area contributed by atoms with Gasteiger partial charge in [0.2, 0.25) is 11.8 Å². The molecule has 2 amide bonds. The van der Waals surface area contributed by atoms with Crippen LogP contribution >= 0.6 is 24.0 Å². The molecule has 2 atom stereocenters. The summed E-state index contributed by atoms with van der Waals surface area (Å²) in [5.74, 6) is -1.08. The molecule has 0 saturated carbocycles. The van der Waals surface area contributed by atoms with Crippen molar-refractivity contribution in [3.63, 3.8) is 0 Å². The van der Waals surface area contributed by atoms with Crippen molar-refractivity contribution in [2.45, 2.75) is 19.9 Å². The molecule has 0 spiro atoms. The lowest BCUT2D eigenvalue weighted by atomic mass is 9.95. The minimum atomic E-state index is -0.460. The second-order valence-corrected chi connectivity index (χ2v) is 6.38. The lowest BCUT2D eigenvalue weighted by Crippen LogP contribution is -2.39. The smallest absolute Gasteiger partial charge is 0.243 e. The number of rotatable bonds is 6. The van der Waals surface area contributed by atoms with Gasteiger partial charge in [-0.25, -0.2) is 0 Å². The van der Waals surface area contributed by atoms with Gasteiger partial charge in [0.05, 0.1) is 23.2 Å². The minimum Gasteiger partial charge on any atom is -0.347 e. The fourth-order valence-electron chi connectivity index (χ4n) is 2.37. The fraction of sp³-hybridized carbons (Fsp3) is 0.263. The molecule has 0 aliphatic carbocycles. The molecule has 26 heavy (non-hydrogen) atoms. The third kappa shape index (κ3) is 6.02. The number of benzene rings is 2. The standard InChI is InChI=1S/C19H22ClN3O2.ClH/c1-12-8-9-16(15(20)10-12)23-17(24)11-22-19(25)13(2)18(21)14-6-4-3-5-7-14;/h3-10,13,18H,11,21H2,1-2H3,(H,22,25)(H,23,24);1H. The van der Waals surface area contributed by atoms with E-state index in [9.17, 15) is 9.59 Å². The summed E-state index contributed by atoms with van der Waals surface area (Å²) in [4.78, 5) is 24.2. The molecule has 140 valence electrons. The van der Waals surface area contributed by atoms with Crippen LogP contribution in [0.15, 0.2) is 48.5 Å². The largest absolute Gasteiger partial charge is 0.347 e. The van der Waals surface area contributed by atoms with Gasteiger partial charge in [0.1, 0.15) is 0 Å². The summed E-state index contributed by atoms with van der Waals surface area (Å²) >= 11 is 6.08. The first kappa shape index (κ1) is 22.0. The Morgan fingerprint density at radius 2 is 1.81 bits per heavy atom. The Labute approximate surface area is 164 Å². The minimum absolute atomic E-state index is 0. The maximum Gasteiger partial charge on any atom is 0.243 e. The maximum absolute atomic E-state index is 12.2.